The van der Waals surface area contributed by atoms with Crippen LogP contribution < -0.4 is 4.74 Å². The topological polar surface area (TPSA) is 66.9 Å². The molecule has 0 radical (unpaired) electrons. The maximum Gasteiger partial charge on any atom is 0.263 e. The minimum absolute atomic E-state index is 0.000473. The van der Waals surface area contributed by atoms with E-state index in [1.807, 2.05) is 0 Å². The third-order valence-electron chi connectivity index (χ3n) is 4.61. The lowest BCUT2D eigenvalue weighted by atomic mass is 10.2. The Hall–Kier alpha value is -2.66. The predicted octanol–water partition coefficient (Wildman–Crippen LogP) is 2.54. The lowest BCUT2D eigenvalue weighted by molar-refractivity contribution is -0.139. The van der Waals surface area contributed by atoms with Gasteiger partial charge in [-0.2, -0.15) is 4.31 Å². The fraction of sp³-hybridized carbons (Fsp3) is 0.316. The minimum atomic E-state index is -4.27. The SMILES string of the molecule is CC(Oc1ccc(F)c(F)c1)C(=O)N1CCN(S(=O)(=O)c2cc(F)ccc2F)CC1. The molecule has 0 N–H and O–H groups in total. The molecule has 3 rings (SSSR count). The van der Waals surface area contributed by atoms with E-state index < -0.39 is 50.2 Å². The number of hydrogen-bond acceptors (Lipinski definition) is 4. The van der Waals surface area contributed by atoms with Gasteiger partial charge in [-0.25, -0.2) is 26.0 Å². The fourth-order valence-corrected chi connectivity index (χ4v) is 4.52. The average Bonchev–Trinajstić information content (AvgIpc) is 2.72. The zero-order valence-corrected chi connectivity index (χ0v) is 16.6. The molecule has 1 amide bonds. The molecule has 11 heteroatoms. The largest absolute Gasteiger partial charge is 0.481 e. The zero-order valence-electron chi connectivity index (χ0n) is 15.8. The summed E-state index contributed by atoms with van der Waals surface area (Å²) in [5, 5.41) is 0. The minimum Gasteiger partial charge on any atom is -0.481 e. The van der Waals surface area contributed by atoms with Crippen LogP contribution in [0.2, 0.25) is 0 Å². The van der Waals surface area contributed by atoms with E-state index in [-0.39, 0.29) is 31.9 Å². The van der Waals surface area contributed by atoms with Crippen LogP contribution in [0.25, 0.3) is 0 Å². The van der Waals surface area contributed by atoms with Gasteiger partial charge >= 0.3 is 0 Å². The molecule has 1 saturated heterocycles. The van der Waals surface area contributed by atoms with E-state index in [9.17, 15) is 30.8 Å². The summed E-state index contributed by atoms with van der Waals surface area (Å²) >= 11 is 0. The van der Waals surface area contributed by atoms with Crippen molar-refractivity contribution in [2.45, 2.75) is 17.9 Å². The second-order valence-electron chi connectivity index (χ2n) is 6.64. The van der Waals surface area contributed by atoms with E-state index in [1.54, 1.807) is 0 Å². The van der Waals surface area contributed by atoms with Crippen molar-refractivity contribution in [1.29, 1.82) is 0 Å². The van der Waals surface area contributed by atoms with E-state index in [1.165, 1.54) is 17.9 Å². The molecule has 1 aliphatic rings. The Labute approximate surface area is 170 Å². The molecule has 2 aromatic rings. The summed E-state index contributed by atoms with van der Waals surface area (Å²) in [5.41, 5.74) is 0. The van der Waals surface area contributed by atoms with Crippen LogP contribution in [0, 0.1) is 23.3 Å². The van der Waals surface area contributed by atoms with Crippen LogP contribution in [0.1, 0.15) is 6.92 Å². The normalized spacial score (nSPS) is 16.4. The Kier molecular flexibility index (Phi) is 6.32. The monoisotopic (exact) mass is 446 g/mol. The molecule has 0 saturated carbocycles. The molecule has 30 heavy (non-hydrogen) atoms. The number of sulfonamides is 1. The Morgan fingerprint density at radius 3 is 2.20 bits per heavy atom. The number of amides is 1. The van der Waals surface area contributed by atoms with Gasteiger partial charge in [-0.1, -0.05) is 0 Å². The second-order valence-corrected chi connectivity index (χ2v) is 8.55. The van der Waals surface area contributed by atoms with Gasteiger partial charge in [0.05, 0.1) is 0 Å². The van der Waals surface area contributed by atoms with Gasteiger partial charge in [0.1, 0.15) is 22.3 Å². The Bertz CT molecular complexity index is 1060. The van der Waals surface area contributed by atoms with E-state index in [0.717, 1.165) is 28.6 Å². The highest BCUT2D eigenvalue weighted by Crippen LogP contribution is 2.22. The number of halogens is 4. The standard InChI is InChI=1S/C19H18F4N2O4S/c1-12(29-14-3-5-15(21)17(23)11-14)19(26)24-6-8-25(9-7-24)30(27,28)18-10-13(20)2-4-16(18)22/h2-5,10-12H,6-9H2,1H3. The smallest absolute Gasteiger partial charge is 0.263 e. The van der Waals surface area contributed by atoms with Crippen LogP contribution in [0.5, 0.6) is 5.75 Å². The van der Waals surface area contributed by atoms with Crippen molar-refractivity contribution < 1.29 is 35.5 Å². The highest BCUT2D eigenvalue weighted by Gasteiger charge is 2.33. The molecule has 1 atom stereocenters. The van der Waals surface area contributed by atoms with Crippen LogP contribution in [-0.2, 0) is 14.8 Å². The molecular formula is C19H18F4N2O4S. The molecule has 1 heterocycles. The lowest BCUT2D eigenvalue weighted by Gasteiger charge is -2.35. The molecule has 1 fully saturated rings. The van der Waals surface area contributed by atoms with Gasteiger partial charge in [0.2, 0.25) is 10.0 Å². The Morgan fingerprint density at radius 2 is 1.57 bits per heavy atom. The van der Waals surface area contributed by atoms with E-state index in [4.69, 9.17) is 4.74 Å². The third kappa shape index (κ3) is 4.57. The van der Waals surface area contributed by atoms with Crippen molar-refractivity contribution in [2.24, 2.45) is 0 Å². The van der Waals surface area contributed by atoms with Crippen LogP contribution in [0.3, 0.4) is 0 Å². The Balaban J connectivity index is 1.63. The van der Waals surface area contributed by atoms with Gasteiger partial charge in [0, 0.05) is 32.2 Å². The number of piperazine rings is 1. The van der Waals surface area contributed by atoms with Crippen LogP contribution in [-0.4, -0.2) is 55.8 Å². The quantitative estimate of drug-likeness (QED) is 0.663. The van der Waals surface area contributed by atoms with Crippen molar-refractivity contribution in [2.75, 3.05) is 26.2 Å². The molecule has 0 bridgehead atoms. The first-order valence-corrected chi connectivity index (χ1v) is 10.4. The first-order valence-electron chi connectivity index (χ1n) is 8.95. The van der Waals surface area contributed by atoms with E-state index in [2.05, 4.69) is 0 Å². The first-order chi connectivity index (χ1) is 14.1. The van der Waals surface area contributed by atoms with E-state index in [0.29, 0.717) is 6.07 Å². The predicted molar refractivity (Wildman–Crippen MR) is 98.1 cm³/mol. The number of benzene rings is 2. The highest BCUT2D eigenvalue weighted by molar-refractivity contribution is 7.89. The van der Waals surface area contributed by atoms with Gasteiger partial charge in [-0.05, 0) is 37.3 Å². The highest BCUT2D eigenvalue weighted by atomic mass is 32.2. The van der Waals surface area contributed by atoms with Gasteiger partial charge < -0.3 is 9.64 Å². The summed E-state index contributed by atoms with van der Waals surface area (Å²) < 4.78 is 85.0. The number of rotatable bonds is 5. The molecular weight excluding hydrogens is 428 g/mol. The maximum absolute atomic E-state index is 13.9. The third-order valence-corrected chi connectivity index (χ3v) is 6.53. The van der Waals surface area contributed by atoms with Crippen LogP contribution >= 0.6 is 0 Å². The first kappa shape index (κ1) is 22.0. The summed E-state index contributed by atoms with van der Waals surface area (Å²) in [6, 6.07) is 5.03. The molecule has 1 unspecified atom stereocenters. The molecule has 0 spiro atoms. The number of nitrogens with zero attached hydrogens (tertiary/aromatic N) is 2. The summed E-state index contributed by atoms with van der Waals surface area (Å²) in [4.78, 5) is 13.1. The van der Waals surface area contributed by atoms with Gasteiger partial charge in [0.15, 0.2) is 17.7 Å². The number of carbonyl (C=O) groups is 1. The molecule has 1 aliphatic heterocycles. The molecule has 6 nitrogen and oxygen atoms in total. The molecule has 2 aromatic carbocycles. The molecule has 0 aliphatic carbocycles. The van der Waals surface area contributed by atoms with Crippen molar-refractivity contribution in [3.8, 4) is 5.75 Å². The summed E-state index contributed by atoms with van der Waals surface area (Å²) in [5.74, 6) is -4.62. The molecule has 0 aromatic heterocycles. The van der Waals surface area contributed by atoms with Crippen LogP contribution in [0.4, 0.5) is 17.6 Å². The van der Waals surface area contributed by atoms with Gasteiger partial charge in [-0.15, -0.1) is 0 Å². The van der Waals surface area contributed by atoms with Crippen LogP contribution in [0.15, 0.2) is 41.3 Å². The summed E-state index contributed by atoms with van der Waals surface area (Å²) in [6.45, 7) is 1.18. The average molecular weight is 446 g/mol. The maximum atomic E-state index is 13.9. The van der Waals surface area contributed by atoms with Gasteiger partial charge in [0.25, 0.3) is 5.91 Å². The number of hydrogen-bond donors (Lipinski definition) is 0. The summed E-state index contributed by atoms with van der Waals surface area (Å²) in [7, 11) is -4.27. The summed E-state index contributed by atoms with van der Waals surface area (Å²) in [6.07, 6.45) is -1.03. The molecule has 162 valence electrons. The lowest BCUT2D eigenvalue weighted by Crippen LogP contribution is -2.53. The van der Waals surface area contributed by atoms with Crippen molar-refractivity contribution >= 4 is 15.9 Å². The van der Waals surface area contributed by atoms with Crippen molar-refractivity contribution in [3.05, 3.63) is 59.7 Å². The van der Waals surface area contributed by atoms with Gasteiger partial charge in [-0.3, -0.25) is 4.79 Å². The van der Waals surface area contributed by atoms with Crippen molar-refractivity contribution in [3.63, 3.8) is 0 Å². The number of carbonyl (C=O) groups excluding carboxylic acids is 1. The van der Waals surface area contributed by atoms with Crippen molar-refractivity contribution in [1.82, 2.24) is 9.21 Å². The zero-order chi connectivity index (χ0) is 22.1. The number of ether oxygens (including phenoxy) is 1. The second kappa shape index (κ2) is 8.60. The van der Waals surface area contributed by atoms with E-state index >= 15 is 0 Å². The Morgan fingerprint density at radius 1 is 0.933 bits per heavy atom. The fourth-order valence-electron chi connectivity index (χ4n) is 3.02.